The van der Waals surface area contributed by atoms with E-state index in [0.29, 0.717) is 17.1 Å². The molecule has 6 nitrogen and oxygen atoms in total. The molecular formula is C12H18ClN5O. The van der Waals surface area contributed by atoms with Gasteiger partial charge in [0, 0.05) is 6.42 Å². The van der Waals surface area contributed by atoms with Gasteiger partial charge >= 0.3 is 0 Å². The number of nitrogen functional groups attached to an aromatic ring is 1. The number of rotatable bonds is 2. The van der Waals surface area contributed by atoms with E-state index in [1.807, 2.05) is 0 Å². The number of aromatic amines is 2. The zero-order valence-corrected chi connectivity index (χ0v) is 11.4. The normalized spacial score (nSPS) is 16.4. The second kappa shape index (κ2) is 5.61. The molecule has 0 spiro atoms. The molecule has 0 bridgehead atoms. The number of nitrogens with one attached hydrogen (secondary N) is 2. The van der Waals surface area contributed by atoms with Crippen LogP contribution in [0.25, 0.3) is 11.2 Å². The molecule has 0 aromatic carbocycles. The summed E-state index contributed by atoms with van der Waals surface area (Å²) < 4.78 is 0. The van der Waals surface area contributed by atoms with Crippen molar-refractivity contribution in [1.82, 2.24) is 19.9 Å². The van der Waals surface area contributed by atoms with Crippen LogP contribution < -0.4 is 11.3 Å². The summed E-state index contributed by atoms with van der Waals surface area (Å²) in [5.41, 5.74) is 6.09. The summed E-state index contributed by atoms with van der Waals surface area (Å²) in [4.78, 5) is 25.6. The molecule has 3 rings (SSSR count). The molecule has 0 amide bonds. The number of nitrogens with zero attached hydrogens (tertiary/aromatic N) is 2. The van der Waals surface area contributed by atoms with Crippen molar-refractivity contribution < 1.29 is 0 Å². The molecule has 1 aliphatic carbocycles. The van der Waals surface area contributed by atoms with E-state index in [2.05, 4.69) is 19.9 Å². The maximum atomic E-state index is 11.7. The third kappa shape index (κ3) is 2.89. The maximum absolute atomic E-state index is 11.7. The predicted molar refractivity (Wildman–Crippen MR) is 76.4 cm³/mol. The molecule has 0 aliphatic heterocycles. The Morgan fingerprint density at radius 3 is 2.63 bits per heavy atom. The zero-order valence-electron chi connectivity index (χ0n) is 10.6. The first kappa shape index (κ1) is 13.9. The average molecular weight is 284 g/mol. The Balaban J connectivity index is 0.00000133. The van der Waals surface area contributed by atoms with Gasteiger partial charge in [-0.1, -0.05) is 32.1 Å². The predicted octanol–water partition coefficient (Wildman–Crippen LogP) is 1.77. The van der Waals surface area contributed by atoms with Crippen LogP contribution in [-0.4, -0.2) is 19.9 Å². The summed E-state index contributed by atoms with van der Waals surface area (Å²) >= 11 is 0. The Kier molecular flexibility index (Phi) is 4.09. The van der Waals surface area contributed by atoms with Crippen LogP contribution in [0.1, 0.15) is 37.9 Å². The molecule has 2 aromatic heterocycles. The lowest BCUT2D eigenvalue weighted by atomic mass is 9.87. The smallest absolute Gasteiger partial charge is 0.278 e. The van der Waals surface area contributed by atoms with Crippen molar-refractivity contribution in [1.29, 1.82) is 0 Å². The SMILES string of the molecule is Cl.Nc1nc2nc(CC3CCCCC3)[nH]c2c(=O)[nH]1. The molecule has 1 saturated carbocycles. The van der Waals surface area contributed by atoms with E-state index in [4.69, 9.17) is 5.73 Å². The van der Waals surface area contributed by atoms with Gasteiger partial charge in [-0.15, -0.1) is 12.4 Å². The number of hydrogen-bond donors (Lipinski definition) is 3. The van der Waals surface area contributed by atoms with Gasteiger partial charge in [0.25, 0.3) is 5.56 Å². The number of halogens is 1. The molecule has 1 aliphatic rings. The lowest BCUT2D eigenvalue weighted by Gasteiger charge is -2.20. The Labute approximate surface area is 116 Å². The van der Waals surface area contributed by atoms with Gasteiger partial charge in [0.1, 0.15) is 5.82 Å². The monoisotopic (exact) mass is 283 g/mol. The van der Waals surface area contributed by atoms with Crippen LogP contribution in [0.4, 0.5) is 5.95 Å². The molecule has 0 atom stereocenters. The van der Waals surface area contributed by atoms with E-state index in [0.717, 1.165) is 12.2 Å². The first-order chi connectivity index (χ1) is 8.72. The number of fused-ring (bicyclic) bond motifs is 1. The van der Waals surface area contributed by atoms with Gasteiger partial charge in [-0.3, -0.25) is 9.78 Å². The Morgan fingerprint density at radius 1 is 1.16 bits per heavy atom. The van der Waals surface area contributed by atoms with Crippen molar-refractivity contribution in [3.63, 3.8) is 0 Å². The average Bonchev–Trinajstić information content (AvgIpc) is 2.73. The van der Waals surface area contributed by atoms with E-state index in [9.17, 15) is 4.79 Å². The van der Waals surface area contributed by atoms with Crippen LogP contribution in [0, 0.1) is 5.92 Å². The van der Waals surface area contributed by atoms with Crippen molar-refractivity contribution in [3.05, 3.63) is 16.2 Å². The third-order valence-corrected chi connectivity index (χ3v) is 3.64. The van der Waals surface area contributed by atoms with Crippen LogP contribution in [0.5, 0.6) is 0 Å². The van der Waals surface area contributed by atoms with E-state index in [1.165, 1.54) is 32.1 Å². The molecule has 2 heterocycles. The van der Waals surface area contributed by atoms with Crippen LogP contribution in [0.3, 0.4) is 0 Å². The second-order valence-corrected chi connectivity index (χ2v) is 5.04. The van der Waals surface area contributed by atoms with Gasteiger partial charge in [0.2, 0.25) is 5.95 Å². The summed E-state index contributed by atoms with van der Waals surface area (Å²) in [6, 6.07) is 0. The lowest BCUT2D eigenvalue weighted by Crippen LogP contribution is -2.11. The van der Waals surface area contributed by atoms with Crippen molar-refractivity contribution in [2.75, 3.05) is 5.73 Å². The highest BCUT2D eigenvalue weighted by atomic mass is 35.5. The summed E-state index contributed by atoms with van der Waals surface area (Å²) in [6.07, 6.45) is 7.35. The minimum atomic E-state index is -0.250. The maximum Gasteiger partial charge on any atom is 0.278 e. The summed E-state index contributed by atoms with van der Waals surface area (Å²) in [7, 11) is 0. The topological polar surface area (TPSA) is 100 Å². The fourth-order valence-corrected chi connectivity index (χ4v) is 2.73. The molecule has 19 heavy (non-hydrogen) atoms. The Morgan fingerprint density at radius 2 is 1.89 bits per heavy atom. The molecule has 2 aromatic rings. The highest BCUT2D eigenvalue weighted by Crippen LogP contribution is 2.26. The molecule has 7 heteroatoms. The van der Waals surface area contributed by atoms with Crippen molar-refractivity contribution in [2.24, 2.45) is 5.92 Å². The largest absolute Gasteiger partial charge is 0.369 e. The van der Waals surface area contributed by atoms with E-state index >= 15 is 0 Å². The van der Waals surface area contributed by atoms with E-state index in [-0.39, 0.29) is 23.9 Å². The number of hydrogen-bond acceptors (Lipinski definition) is 4. The van der Waals surface area contributed by atoms with Gasteiger partial charge in [-0.05, 0) is 5.92 Å². The van der Waals surface area contributed by atoms with E-state index in [1.54, 1.807) is 0 Å². The summed E-state index contributed by atoms with van der Waals surface area (Å²) in [5.74, 6) is 1.64. The number of nitrogens with two attached hydrogens (primary N) is 1. The minimum Gasteiger partial charge on any atom is -0.369 e. The molecule has 0 saturated heterocycles. The lowest BCUT2D eigenvalue weighted by molar-refractivity contribution is 0.352. The number of aromatic nitrogens is 4. The Hall–Kier alpha value is -1.56. The summed E-state index contributed by atoms with van der Waals surface area (Å²) in [5, 5.41) is 0. The van der Waals surface area contributed by atoms with Crippen LogP contribution >= 0.6 is 12.4 Å². The molecule has 4 N–H and O–H groups in total. The fourth-order valence-electron chi connectivity index (χ4n) is 2.73. The van der Waals surface area contributed by atoms with Gasteiger partial charge in [-0.25, -0.2) is 4.98 Å². The van der Waals surface area contributed by atoms with Gasteiger partial charge in [0.15, 0.2) is 11.2 Å². The molecule has 1 fully saturated rings. The third-order valence-electron chi connectivity index (χ3n) is 3.64. The minimum absolute atomic E-state index is 0. The quantitative estimate of drug-likeness (QED) is 0.782. The molecule has 104 valence electrons. The highest BCUT2D eigenvalue weighted by Gasteiger charge is 2.16. The van der Waals surface area contributed by atoms with E-state index < -0.39 is 0 Å². The first-order valence-electron chi connectivity index (χ1n) is 6.47. The van der Waals surface area contributed by atoms with Crippen LogP contribution in [-0.2, 0) is 6.42 Å². The number of imidazole rings is 1. The Bertz CT molecular complexity index is 614. The molecule has 0 radical (unpaired) electrons. The number of H-pyrrole nitrogens is 2. The standard InChI is InChI=1S/C12H17N5O.ClH/c13-12-16-10-9(11(18)17-12)14-8(15-10)6-7-4-2-1-3-5-7;/h7H,1-6H2,(H4,13,14,15,16,17,18);1H. The van der Waals surface area contributed by atoms with Gasteiger partial charge < -0.3 is 10.7 Å². The van der Waals surface area contributed by atoms with Crippen molar-refractivity contribution >= 4 is 29.5 Å². The fraction of sp³-hybridized carbons (Fsp3) is 0.583. The van der Waals surface area contributed by atoms with Gasteiger partial charge in [-0.2, -0.15) is 4.98 Å². The van der Waals surface area contributed by atoms with Crippen molar-refractivity contribution in [3.8, 4) is 0 Å². The first-order valence-corrected chi connectivity index (χ1v) is 6.47. The number of anilines is 1. The molecule has 0 unspecified atom stereocenters. The summed E-state index contributed by atoms with van der Waals surface area (Å²) in [6.45, 7) is 0. The van der Waals surface area contributed by atoms with Crippen LogP contribution in [0.15, 0.2) is 4.79 Å². The highest BCUT2D eigenvalue weighted by molar-refractivity contribution is 5.85. The van der Waals surface area contributed by atoms with Crippen LogP contribution in [0.2, 0.25) is 0 Å². The second-order valence-electron chi connectivity index (χ2n) is 5.04. The molecular weight excluding hydrogens is 266 g/mol. The zero-order chi connectivity index (χ0) is 12.5. The van der Waals surface area contributed by atoms with Gasteiger partial charge in [0.05, 0.1) is 0 Å². The van der Waals surface area contributed by atoms with Crippen molar-refractivity contribution in [2.45, 2.75) is 38.5 Å².